The molecule has 2 nitrogen and oxygen atoms in total. The summed E-state index contributed by atoms with van der Waals surface area (Å²) in [6.45, 7) is 6.46. The van der Waals surface area contributed by atoms with Gasteiger partial charge >= 0.3 is 0 Å². The second kappa shape index (κ2) is 4.09. The van der Waals surface area contributed by atoms with Gasteiger partial charge in [0.25, 0.3) is 0 Å². The zero-order valence-electron chi connectivity index (χ0n) is 12.5. The molecule has 2 N–H and O–H groups in total. The molecule has 1 amide bonds. The zero-order valence-corrected chi connectivity index (χ0v) is 12.5. The topological polar surface area (TPSA) is 43.1 Å². The van der Waals surface area contributed by atoms with E-state index in [4.69, 9.17) is 5.73 Å². The molecular formula is C19H21NO. The smallest absolute Gasteiger partial charge is 0.232 e. The van der Waals surface area contributed by atoms with Crippen LogP contribution >= 0.6 is 0 Å². The Morgan fingerprint density at radius 3 is 2.86 bits per heavy atom. The maximum atomic E-state index is 12.5. The van der Waals surface area contributed by atoms with Gasteiger partial charge in [-0.1, -0.05) is 42.0 Å². The maximum absolute atomic E-state index is 12.5. The van der Waals surface area contributed by atoms with Gasteiger partial charge in [0.2, 0.25) is 5.91 Å². The number of hydrogen-bond donors (Lipinski definition) is 1. The summed E-state index contributed by atoms with van der Waals surface area (Å²) in [5.41, 5.74) is 11.4. The second-order valence-corrected chi connectivity index (χ2v) is 6.95. The minimum atomic E-state index is -0.630. The highest BCUT2D eigenvalue weighted by Gasteiger charge is 2.59. The van der Waals surface area contributed by atoms with E-state index in [1.807, 2.05) is 0 Å². The average molecular weight is 279 g/mol. The monoisotopic (exact) mass is 279 g/mol. The van der Waals surface area contributed by atoms with Crippen LogP contribution in [0.4, 0.5) is 0 Å². The number of benzene rings is 1. The summed E-state index contributed by atoms with van der Waals surface area (Å²) in [5, 5.41) is 0. The molecule has 3 aliphatic carbocycles. The van der Waals surface area contributed by atoms with Crippen LogP contribution in [0.25, 0.3) is 6.08 Å². The fourth-order valence-electron chi connectivity index (χ4n) is 5.04. The molecule has 2 saturated carbocycles. The first kappa shape index (κ1) is 12.9. The minimum absolute atomic E-state index is 0.203. The van der Waals surface area contributed by atoms with E-state index in [0.717, 1.165) is 30.4 Å². The number of carbonyl (C=O) groups is 1. The lowest BCUT2D eigenvalue weighted by molar-refractivity contribution is -0.123. The van der Waals surface area contributed by atoms with Crippen LogP contribution in [0.1, 0.15) is 42.9 Å². The molecule has 0 radical (unpaired) electrons. The van der Waals surface area contributed by atoms with Gasteiger partial charge in [-0.05, 0) is 61.1 Å². The lowest BCUT2D eigenvalue weighted by Gasteiger charge is -2.38. The fourth-order valence-corrected chi connectivity index (χ4v) is 5.04. The molecule has 2 fully saturated rings. The highest BCUT2D eigenvalue weighted by molar-refractivity contribution is 5.94. The van der Waals surface area contributed by atoms with Crippen molar-refractivity contribution in [2.45, 2.75) is 38.0 Å². The van der Waals surface area contributed by atoms with Crippen molar-refractivity contribution in [1.82, 2.24) is 0 Å². The number of primary amides is 1. The Hall–Kier alpha value is -1.83. The number of hydrogen-bond acceptors (Lipinski definition) is 1. The molecule has 0 spiro atoms. The van der Waals surface area contributed by atoms with E-state index in [0.29, 0.717) is 11.8 Å². The van der Waals surface area contributed by atoms with Gasteiger partial charge in [-0.3, -0.25) is 4.79 Å². The summed E-state index contributed by atoms with van der Waals surface area (Å²) in [7, 11) is 0. The predicted molar refractivity (Wildman–Crippen MR) is 84.6 cm³/mol. The van der Waals surface area contributed by atoms with Gasteiger partial charge in [0.05, 0.1) is 5.41 Å². The van der Waals surface area contributed by atoms with Crippen LogP contribution in [0.15, 0.2) is 35.9 Å². The van der Waals surface area contributed by atoms with E-state index in [1.165, 1.54) is 23.1 Å². The Morgan fingerprint density at radius 1 is 1.38 bits per heavy atom. The molecule has 21 heavy (non-hydrogen) atoms. The van der Waals surface area contributed by atoms with Gasteiger partial charge in [-0.25, -0.2) is 0 Å². The van der Waals surface area contributed by atoms with Crippen molar-refractivity contribution in [2.24, 2.45) is 17.6 Å². The quantitative estimate of drug-likeness (QED) is 0.829. The first-order valence-electron chi connectivity index (χ1n) is 7.84. The molecule has 0 aliphatic heterocycles. The largest absolute Gasteiger partial charge is 0.369 e. The third kappa shape index (κ3) is 1.45. The molecule has 1 aromatic rings. The van der Waals surface area contributed by atoms with E-state index in [1.54, 1.807) is 0 Å². The second-order valence-electron chi connectivity index (χ2n) is 6.95. The van der Waals surface area contributed by atoms with Crippen LogP contribution in [-0.4, -0.2) is 5.91 Å². The molecule has 3 aliphatic rings. The molecule has 0 aromatic heterocycles. The molecule has 0 heterocycles. The van der Waals surface area contributed by atoms with E-state index >= 15 is 0 Å². The van der Waals surface area contributed by atoms with Gasteiger partial charge in [0.1, 0.15) is 0 Å². The summed E-state index contributed by atoms with van der Waals surface area (Å²) in [6, 6.07) is 6.34. The Bertz CT molecular complexity index is 700. The molecule has 4 rings (SSSR count). The van der Waals surface area contributed by atoms with Crippen LogP contribution in [0.5, 0.6) is 0 Å². The molecule has 3 unspecified atom stereocenters. The average Bonchev–Trinajstić information content (AvgIpc) is 3.10. The Kier molecular flexibility index (Phi) is 2.51. The van der Waals surface area contributed by atoms with Crippen molar-refractivity contribution in [2.75, 3.05) is 0 Å². The normalized spacial score (nSPS) is 33.2. The maximum Gasteiger partial charge on any atom is 0.232 e. The molecule has 2 heteroatoms. The van der Waals surface area contributed by atoms with Crippen LogP contribution in [0, 0.1) is 11.8 Å². The summed E-state index contributed by atoms with van der Waals surface area (Å²) in [6.07, 6.45) is 6.56. The summed E-state index contributed by atoms with van der Waals surface area (Å²) in [4.78, 5) is 12.5. The highest BCUT2D eigenvalue weighted by Crippen LogP contribution is 2.60. The van der Waals surface area contributed by atoms with Crippen LogP contribution < -0.4 is 5.73 Å². The predicted octanol–water partition coefficient (Wildman–Crippen LogP) is 3.36. The highest BCUT2D eigenvalue weighted by atomic mass is 16.1. The van der Waals surface area contributed by atoms with Crippen LogP contribution in [-0.2, 0) is 16.6 Å². The van der Waals surface area contributed by atoms with Crippen LogP contribution in [0.3, 0.4) is 0 Å². The number of fused-ring (bicyclic) bond motifs is 3. The lowest BCUT2D eigenvalue weighted by Crippen LogP contribution is -2.47. The first-order valence-corrected chi connectivity index (χ1v) is 7.84. The molecule has 1 aromatic carbocycles. The van der Waals surface area contributed by atoms with Gasteiger partial charge < -0.3 is 5.73 Å². The number of allylic oxidation sites excluding steroid dienone is 1. The summed E-state index contributed by atoms with van der Waals surface area (Å²) >= 11 is 0. The lowest BCUT2D eigenvalue weighted by atomic mass is 9.64. The van der Waals surface area contributed by atoms with Crippen molar-refractivity contribution in [3.8, 4) is 0 Å². The van der Waals surface area contributed by atoms with Crippen molar-refractivity contribution in [3.63, 3.8) is 0 Å². The van der Waals surface area contributed by atoms with E-state index < -0.39 is 5.41 Å². The van der Waals surface area contributed by atoms with Crippen molar-refractivity contribution < 1.29 is 4.79 Å². The van der Waals surface area contributed by atoms with E-state index in [9.17, 15) is 4.79 Å². The van der Waals surface area contributed by atoms with E-state index in [-0.39, 0.29) is 5.91 Å². The first-order chi connectivity index (χ1) is 10.0. The van der Waals surface area contributed by atoms with Crippen LogP contribution in [0.2, 0.25) is 0 Å². The van der Waals surface area contributed by atoms with Gasteiger partial charge in [-0.2, -0.15) is 0 Å². The van der Waals surface area contributed by atoms with Crippen molar-refractivity contribution in [3.05, 3.63) is 52.6 Å². The van der Waals surface area contributed by atoms with Crippen molar-refractivity contribution >= 4 is 12.0 Å². The minimum Gasteiger partial charge on any atom is -0.369 e. The zero-order chi connectivity index (χ0) is 14.8. The SMILES string of the molecule is C=C1C2CCC(C2)C1(C(N)=O)c1cccc2c1C=C(C)C2. The third-order valence-corrected chi connectivity index (χ3v) is 5.91. The van der Waals surface area contributed by atoms with Gasteiger partial charge in [0, 0.05) is 0 Å². The number of rotatable bonds is 2. The molecule has 3 atom stereocenters. The Labute approximate surface area is 125 Å². The number of nitrogens with two attached hydrogens (primary N) is 1. The molecule has 108 valence electrons. The Balaban J connectivity index is 1.98. The summed E-state index contributed by atoms with van der Waals surface area (Å²) < 4.78 is 0. The molecule has 2 bridgehead atoms. The number of amides is 1. The number of carbonyl (C=O) groups excluding carboxylic acids is 1. The fraction of sp³-hybridized carbons (Fsp3) is 0.421. The van der Waals surface area contributed by atoms with E-state index in [2.05, 4.69) is 37.8 Å². The molecule has 0 saturated heterocycles. The third-order valence-electron chi connectivity index (χ3n) is 5.91. The standard InChI is InChI=1S/C19H21NO/c1-11-8-14-4-3-5-17(16(14)9-11)19(18(20)21)12(2)13-6-7-15(19)10-13/h3-5,9,13,15H,2,6-8,10H2,1H3,(H2,20,21). The Morgan fingerprint density at radius 2 is 2.19 bits per heavy atom. The van der Waals surface area contributed by atoms with Gasteiger partial charge in [-0.15, -0.1) is 0 Å². The summed E-state index contributed by atoms with van der Waals surface area (Å²) in [5.74, 6) is 0.615. The molecular weight excluding hydrogens is 258 g/mol. The van der Waals surface area contributed by atoms with Gasteiger partial charge in [0.15, 0.2) is 0 Å². The van der Waals surface area contributed by atoms with Crippen molar-refractivity contribution in [1.29, 1.82) is 0 Å².